The summed E-state index contributed by atoms with van der Waals surface area (Å²) in [5.41, 5.74) is 3.27. The van der Waals surface area contributed by atoms with Crippen LogP contribution in [0.5, 0.6) is 11.5 Å². The third kappa shape index (κ3) is 3.98. The van der Waals surface area contributed by atoms with Gasteiger partial charge >= 0.3 is 0 Å². The lowest BCUT2D eigenvalue weighted by molar-refractivity contribution is 0.0945. The van der Waals surface area contributed by atoms with Gasteiger partial charge in [-0.1, -0.05) is 29.8 Å². The summed E-state index contributed by atoms with van der Waals surface area (Å²) in [5, 5.41) is 14.0. The summed E-state index contributed by atoms with van der Waals surface area (Å²) >= 11 is 0. The Bertz CT molecular complexity index is 956. The lowest BCUT2D eigenvalue weighted by Gasteiger charge is -2.07. The molecule has 1 aliphatic rings. The van der Waals surface area contributed by atoms with E-state index in [1.54, 1.807) is 12.1 Å². The molecule has 1 aliphatic heterocycles. The normalized spacial score (nSPS) is 11.9. The van der Waals surface area contributed by atoms with Crippen molar-refractivity contribution in [1.29, 1.82) is 0 Å². The van der Waals surface area contributed by atoms with Crippen LogP contribution in [0.15, 0.2) is 54.6 Å². The van der Waals surface area contributed by atoms with Gasteiger partial charge in [0.25, 0.3) is 5.91 Å². The zero-order chi connectivity index (χ0) is 18.6. The molecule has 136 valence electrons. The van der Waals surface area contributed by atoms with E-state index in [1.165, 1.54) is 5.56 Å². The molecular formula is C20H18N4O3. The van der Waals surface area contributed by atoms with Gasteiger partial charge in [0.2, 0.25) is 6.79 Å². The number of nitrogens with zero attached hydrogens (tertiary/aromatic N) is 2. The van der Waals surface area contributed by atoms with Crippen LogP contribution in [0.1, 0.15) is 21.6 Å². The van der Waals surface area contributed by atoms with Crippen molar-refractivity contribution in [2.24, 2.45) is 0 Å². The van der Waals surface area contributed by atoms with Crippen LogP contribution in [0.25, 0.3) is 0 Å². The number of aryl methyl sites for hydroxylation is 1. The molecule has 2 N–H and O–H groups in total. The molecular weight excluding hydrogens is 344 g/mol. The molecule has 0 atom stereocenters. The van der Waals surface area contributed by atoms with E-state index >= 15 is 0 Å². The van der Waals surface area contributed by atoms with Crippen molar-refractivity contribution >= 4 is 17.4 Å². The Hall–Kier alpha value is -3.61. The molecule has 4 rings (SSSR count). The number of carbonyl (C=O) groups excluding carboxylic acids is 1. The van der Waals surface area contributed by atoms with Crippen LogP contribution < -0.4 is 20.1 Å². The highest BCUT2D eigenvalue weighted by Gasteiger charge is 2.14. The Kier molecular flexibility index (Phi) is 4.57. The number of benzene rings is 2. The topological polar surface area (TPSA) is 85.4 Å². The van der Waals surface area contributed by atoms with Crippen molar-refractivity contribution in [3.8, 4) is 11.5 Å². The fraction of sp³-hybridized carbons (Fsp3) is 0.150. The first-order valence-electron chi connectivity index (χ1n) is 8.51. The molecule has 7 heteroatoms. The number of carbonyl (C=O) groups is 1. The lowest BCUT2D eigenvalue weighted by atomic mass is 10.1. The monoisotopic (exact) mass is 362 g/mol. The van der Waals surface area contributed by atoms with Gasteiger partial charge in [-0.2, -0.15) is 0 Å². The highest BCUT2D eigenvalue weighted by molar-refractivity contribution is 5.92. The molecule has 0 saturated carbocycles. The number of hydrogen-bond acceptors (Lipinski definition) is 6. The average Bonchev–Trinajstić information content (AvgIpc) is 3.16. The first-order chi connectivity index (χ1) is 13.2. The highest BCUT2D eigenvalue weighted by Crippen LogP contribution is 2.34. The van der Waals surface area contributed by atoms with Crippen LogP contribution in [-0.4, -0.2) is 22.9 Å². The number of hydrogen-bond donors (Lipinski definition) is 2. The molecule has 0 fully saturated rings. The zero-order valence-electron chi connectivity index (χ0n) is 14.7. The summed E-state index contributed by atoms with van der Waals surface area (Å²) in [5.74, 6) is 1.66. The number of fused-ring (bicyclic) bond motifs is 1. The second-order valence-electron chi connectivity index (χ2n) is 6.17. The fourth-order valence-corrected chi connectivity index (χ4v) is 2.62. The van der Waals surface area contributed by atoms with Crippen LogP contribution in [0.3, 0.4) is 0 Å². The largest absolute Gasteiger partial charge is 0.454 e. The van der Waals surface area contributed by atoms with E-state index < -0.39 is 0 Å². The van der Waals surface area contributed by atoms with Gasteiger partial charge in [-0.15, -0.1) is 10.2 Å². The van der Waals surface area contributed by atoms with Gasteiger partial charge in [-0.05, 0) is 36.8 Å². The average molecular weight is 362 g/mol. The van der Waals surface area contributed by atoms with Crippen LogP contribution in [-0.2, 0) is 6.54 Å². The summed E-state index contributed by atoms with van der Waals surface area (Å²) < 4.78 is 10.6. The molecule has 0 saturated heterocycles. The van der Waals surface area contributed by atoms with E-state index in [0.29, 0.717) is 23.9 Å². The Morgan fingerprint density at radius 3 is 2.59 bits per heavy atom. The van der Waals surface area contributed by atoms with Crippen LogP contribution in [0, 0.1) is 6.92 Å². The zero-order valence-corrected chi connectivity index (χ0v) is 14.7. The number of amides is 1. The number of aromatic nitrogens is 2. The van der Waals surface area contributed by atoms with E-state index in [0.717, 1.165) is 11.3 Å². The van der Waals surface area contributed by atoms with Crippen molar-refractivity contribution in [2.75, 3.05) is 12.1 Å². The summed E-state index contributed by atoms with van der Waals surface area (Å²) in [4.78, 5) is 12.2. The molecule has 3 aromatic rings. The van der Waals surface area contributed by atoms with Gasteiger partial charge in [0, 0.05) is 18.3 Å². The Morgan fingerprint density at radius 2 is 1.81 bits per heavy atom. The smallest absolute Gasteiger partial charge is 0.272 e. The number of anilines is 2. The van der Waals surface area contributed by atoms with Gasteiger partial charge in [-0.25, -0.2) is 0 Å². The van der Waals surface area contributed by atoms with Crippen molar-refractivity contribution in [3.63, 3.8) is 0 Å². The first kappa shape index (κ1) is 16.8. The van der Waals surface area contributed by atoms with E-state index in [1.807, 2.05) is 49.4 Å². The highest BCUT2D eigenvalue weighted by atomic mass is 16.7. The predicted molar refractivity (Wildman–Crippen MR) is 100 cm³/mol. The van der Waals surface area contributed by atoms with E-state index in [9.17, 15) is 4.79 Å². The third-order valence-corrected chi connectivity index (χ3v) is 4.12. The van der Waals surface area contributed by atoms with Gasteiger partial charge in [-0.3, -0.25) is 4.79 Å². The Morgan fingerprint density at radius 1 is 1.00 bits per heavy atom. The van der Waals surface area contributed by atoms with E-state index in [2.05, 4.69) is 20.8 Å². The number of rotatable bonds is 5. The van der Waals surface area contributed by atoms with E-state index in [-0.39, 0.29) is 18.4 Å². The van der Waals surface area contributed by atoms with Gasteiger partial charge in [0.1, 0.15) is 0 Å². The lowest BCUT2D eigenvalue weighted by Crippen LogP contribution is -2.24. The molecule has 7 nitrogen and oxygen atoms in total. The SMILES string of the molecule is Cc1ccc(CNC(=O)c2ccc(Nc3ccc4c(c3)OCO4)nn2)cc1. The summed E-state index contributed by atoms with van der Waals surface area (Å²) in [6.07, 6.45) is 0. The van der Waals surface area contributed by atoms with Crippen molar-refractivity contribution in [2.45, 2.75) is 13.5 Å². The minimum Gasteiger partial charge on any atom is -0.454 e. The quantitative estimate of drug-likeness (QED) is 0.725. The molecule has 0 aliphatic carbocycles. The predicted octanol–water partition coefficient (Wildman–Crippen LogP) is 3.19. The van der Waals surface area contributed by atoms with Crippen LogP contribution in [0.4, 0.5) is 11.5 Å². The molecule has 0 bridgehead atoms. The van der Waals surface area contributed by atoms with Gasteiger partial charge in [0.15, 0.2) is 23.0 Å². The van der Waals surface area contributed by atoms with Crippen molar-refractivity contribution < 1.29 is 14.3 Å². The number of ether oxygens (including phenoxy) is 2. The molecule has 0 radical (unpaired) electrons. The second kappa shape index (κ2) is 7.33. The maximum atomic E-state index is 12.2. The minimum absolute atomic E-state index is 0.227. The maximum Gasteiger partial charge on any atom is 0.272 e. The Balaban J connectivity index is 1.36. The molecule has 1 aromatic heterocycles. The number of nitrogens with one attached hydrogen (secondary N) is 2. The van der Waals surface area contributed by atoms with Gasteiger partial charge in [0.05, 0.1) is 0 Å². The van der Waals surface area contributed by atoms with E-state index in [4.69, 9.17) is 9.47 Å². The first-order valence-corrected chi connectivity index (χ1v) is 8.51. The maximum absolute atomic E-state index is 12.2. The standard InChI is InChI=1S/C20H18N4O3/c1-13-2-4-14(5-3-13)11-21-20(25)16-7-9-19(24-23-16)22-15-6-8-17-18(10-15)27-12-26-17/h2-10H,11-12H2,1H3,(H,21,25)(H,22,24). The molecule has 27 heavy (non-hydrogen) atoms. The van der Waals surface area contributed by atoms with Crippen molar-refractivity contribution in [1.82, 2.24) is 15.5 Å². The van der Waals surface area contributed by atoms with Crippen molar-refractivity contribution in [3.05, 3.63) is 71.4 Å². The molecule has 0 spiro atoms. The Labute approximate surface area is 156 Å². The fourth-order valence-electron chi connectivity index (χ4n) is 2.62. The molecule has 2 aromatic carbocycles. The van der Waals surface area contributed by atoms with Gasteiger partial charge < -0.3 is 20.1 Å². The second-order valence-corrected chi connectivity index (χ2v) is 6.17. The molecule has 0 unspecified atom stereocenters. The van der Waals surface area contributed by atoms with Crippen LogP contribution >= 0.6 is 0 Å². The minimum atomic E-state index is -0.266. The summed E-state index contributed by atoms with van der Waals surface area (Å²) in [7, 11) is 0. The summed E-state index contributed by atoms with van der Waals surface area (Å²) in [6.45, 7) is 2.69. The summed E-state index contributed by atoms with van der Waals surface area (Å²) in [6, 6.07) is 16.8. The third-order valence-electron chi connectivity index (χ3n) is 4.12. The van der Waals surface area contributed by atoms with Crippen LogP contribution in [0.2, 0.25) is 0 Å². The molecule has 1 amide bonds. The molecule has 2 heterocycles.